The predicted octanol–water partition coefficient (Wildman–Crippen LogP) is 2.27. The maximum atomic E-state index is 12.9. The summed E-state index contributed by atoms with van der Waals surface area (Å²) in [6, 6.07) is 2.21. The van der Waals surface area contributed by atoms with Crippen molar-refractivity contribution in [1.82, 2.24) is 9.99 Å². The lowest BCUT2D eigenvalue weighted by molar-refractivity contribution is -0.146. The molecule has 0 saturated carbocycles. The molecular formula is C19H28N3O5P. The number of amides is 2. The second kappa shape index (κ2) is 8.17. The Hall–Kier alpha value is -1.36. The van der Waals surface area contributed by atoms with Gasteiger partial charge < -0.3 is 13.8 Å². The Morgan fingerprint density at radius 1 is 1.21 bits per heavy atom. The van der Waals surface area contributed by atoms with Gasteiger partial charge in [-0.25, -0.2) is 5.09 Å². The Morgan fingerprint density at radius 2 is 1.79 bits per heavy atom. The number of hydrogen-bond acceptors (Lipinski definition) is 7. The topological polar surface area (TPSA) is 101 Å². The third-order valence-corrected chi connectivity index (χ3v) is 6.90. The monoisotopic (exact) mass is 409 g/mol. The van der Waals surface area contributed by atoms with Crippen LogP contribution in [0, 0.1) is 23.2 Å². The van der Waals surface area contributed by atoms with Crippen molar-refractivity contribution in [3.8, 4) is 6.07 Å². The third kappa shape index (κ3) is 3.87. The van der Waals surface area contributed by atoms with Crippen LogP contribution in [0.1, 0.15) is 40.5 Å². The molecule has 2 saturated heterocycles. The van der Waals surface area contributed by atoms with E-state index >= 15 is 0 Å². The first-order valence-electron chi connectivity index (χ1n) is 9.67. The highest BCUT2D eigenvalue weighted by Crippen LogP contribution is 2.56. The average molecular weight is 409 g/mol. The summed E-state index contributed by atoms with van der Waals surface area (Å²) in [5.41, 5.74) is -1.39. The fourth-order valence-corrected chi connectivity index (χ4v) is 5.37. The van der Waals surface area contributed by atoms with Crippen LogP contribution in [-0.2, 0) is 23.4 Å². The lowest BCUT2D eigenvalue weighted by atomic mass is 9.73. The van der Waals surface area contributed by atoms with Crippen LogP contribution in [-0.4, -0.2) is 53.7 Å². The van der Waals surface area contributed by atoms with Gasteiger partial charge >= 0.3 is 0 Å². The van der Waals surface area contributed by atoms with E-state index in [4.69, 9.17) is 19.0 Å². The largest absolute Gasteiger partial charge is 0.359 e. The molecule has 5 atom stereocenters. The summed E-state index contributed by atoms with van der Waals surface area (Å²) in [6.45, 7) is 8.70. The fourth-order valence-electron chi connectivity index (χ4n) is 4.18. The summed E-state index contributed by atoms with van der Waals surface area (Å²) in [4.78, 5) is 27.1. The zero-order chi connectivity index (χ0) is 20.5. The molecule has 0 spiro atoms. The number of nitrogens with zero attached hydrogens (tertiary/aromatic N) is 2. The molecule has 0 aromatic carbocycles. The first-order chi connectivity index (χ1) is 13.2. The van der Waals surface area contributed by atoms with Gasteiger partial charge in [-0.05, 0) is 34.1 Å². The molecule has 3 aliphatic heterocycles. The molecule has 3 heterocycles. The zero-order valence-electron chi connectivity index (χ0n) is 16.8. The Morgan fingerprint density at radius 3 is 2.32 bits per heavy atom. The molecular weight excluding hydrogens is 381 g/mol. The molecule has 0 aromatic heterocycles. The molecule has 0 aromatic rings. The van der Waals surface area contributed by atoms with Crippen molar-refractivity contribution in [3.63, 3.8) is 0 Å². The van der Waals surface area contributed by atoms with Crippen LogP contribution < -0.4 is 5.09 Å². The average Bonchev–Trinajstić information content (AvgIpc) is 3.16. The quantitative estimate of drug-likeness (QED) is 0.256. The van der Waals surface area contributed by atoms with Crippen LogP contribution in [0.5, 0.6) is 0 Å². The first kappa shape index (κ1) is 21.4. The van der Waals surface area contributed by atoms with E-state index in [1.807, 2.05) is 45.9 Å². The maximum Gasteiger partial charge on any atom is 0.256 e. The van der Waals surface area contributed by atoms with E-state index in [0.717, 1.165) is 0 Å². The number of imide groups is 1. The van der Waals surface area contributed by atoms with Gasteiger partial charge in [-0.2, -0.15) is 5.26 Å². The Kier molecular flexibility index (Phi) is 6.23. The van der Waals surface area contributed by atoms with Crippen LogP contribution >= 0.6 is 8.53 Å². The normalized spacial score (nSPS) is 34.4. The van der Waals surface area contributed by atoms with Gasteiger partial charge in [0.05, 0.1) is 48.7 Å². The number of rotatable bonds is 10. The van der Waals surface area contributed by atoms with Crippen molar-refractivity contribution < 1.29 is 23.4 Å². The molecule has 28 heavy (non-hydrogen) atoms. The second-order valence-corrected chi connectivity index (χ2v) is 9.34. The minimum atomic E-state index is -1.31. The summed E-state index contributed by atoms with van der Waals surface area (Å²) >= 11 is 0. The van der Waals surface area contributed by atoms with E-state index < -0.39 is 31.6 Å². The summed E-state index contributed by atoms with van der Waals surface area (Å²) < 4.78 is 17.3. The Bertz CT molecular complexity index is 672. The van der Waals surface area contributed by atoms with Gasteiger partial charge in [-0.1, -0.05) is 12.2 Å². The highest BCUT2D eigenvalue weighted by Gasteiger charge is 2.70. The number of carbonyl (C=O) groups is 2. The van der Waals surface area contributed by atoms with Gasteiger partial charge in [0.2, 0.25) is 11.8 Å². The van der Waals surface area contributed by atoms with E-state index in [0.29, 0.717) is 32.6 Å². The van der Waals surface area contributed by atoms with Gasteiger partial charge in [-0.3, -0.25) is 14.5 Å². The lowest BCUT2D eigenvalue weighted by Crippen LogP contribution is -2.40. The highest BCUT2D eigenvalue weighted by atomic mass is 31.2. The number of carbonyl (C=O) groups excluding carboxylic acids is 2. The number of hydrogen-bond donors (Lipinski definition) is 1. The van der Waals surface area contributed by atoms with E-state index in [-0.39, 0.29) is 17.9 Å². The van der Waals surface area contributed by atoms with Crippen LogP contribution in [0.3, 0.4) is 0 Å². The van der Waals surface area contributed by atoms with Gasteiger partial charge in [0.15, 0.2) is 0 Å². The molecule has 154 valence electrons. The van der Waals surface area contributed by atoms with Crippen LogP contribution in [0.25, 0.3) is 0 Å². The maximum absolute atomic E-state index is 12.9. The van der Waals surface area contributed by atoms with Crippen molar-refractivity contribution in [2.45, 2.75) is 57.8 Å². The summed E-state index contributed by atoms with van der Waals surface area (Å²) in [6.07, 6.45) is 4.65. The SMILES string of the molecule is CC(C)NP(OCCC#N)OCCCN1C(=O)C2C(C1=O)C1(C)C=CC2(C)O1. The zero-order valence-corrected chi connectivity index (χ0v) is 17.7. The molecule has 8 nitrogen and oxygen atoms in total. The van der Waals surface area contributed by atoms with E-state index in [1.165, 1.54) is 4.90 Å². The molecule has 9 heteroatoms. The number of nitriles is 1. The third-order valence-electron chi connectivity index (χ3n) is 5.34. The molecule has 0 radical (unpaired) electrons. The molecule has 0 aliphatic carbocycles. The van der Waals surface area contributed by atoms with E-state index in [1.54, 1.807) is 0 Å². The van der Waals surface area contributed by atoms with Gasteiger partial charge in [-0.15, -0.1) is 0 Å². The van der Waals surface area contributed by atoms with Crippen LogP contribution in [0.15, 0.2) is 12.2 Å². The lowest BCUT2D eigenvalue weighted by Gasteiger charge is -2.25. The van der Waals surface area contributed by atoms with E-state index in [2.05, 4.69) is 5.09 Å². The van der Waals surface area contributed by atoms with E-state index in [9.17, 15) is 9.59 Å². The fraction of sp³-hybridized carbons (Fsp3) is 0.737. The molecule has 3 rings (SSSR count). The standard InChI is InChI=1S/C19H28N3O5P/c1-13(2)21-28(25-11-5-9-20)26-12-6-10-22-16(23)14-15(17(22)24)19(4)8-7-18(14,3)27-19/h7-8,13-15,21H,5-6,10-12H2,1-4H3. The molecule has 2 fully saturated rings. The summed E-state index contributed by atoms with van der Waals surface area (Å²) in [5, 5.41) is 11.8. The Labute approximate surface area is 167 Å². The number of ether oxygens (including phenoxy) is 1. The van der Waals surface area contributed by atoms with Crippen molar-refractivity contribution in [2.24, 2.45) is 11.8 Å². The number of nitrogens with one attached hydrogen (secondary N) is 1. The van der Waals surface area contributed by atoms with Crippen molar-refractivity contribution in [2.75, 3.05) is 19.8 Å². The highest BCUT2D eigenvalue weighted by molar-refractivity contribution is 7.44. The number of fused-ring (bicyclic) bond motifs is 5. The molecule has 5 unspecified atom stereocenters. The van der Waals surface area contributed by atoms with Crippen LogP contribution in [0.4, 0.5) is 0 Å². The van der Waals surface area contributed by atoms with Gasteiger partial charge in [0.1, 0.15) is 0 Å². The minimum Gasteiger partial charge on any atom is -0.359 e. The molecule has 2 bridgehead atoms. The van der Waals surface area contributed by atoms with Crippen LogP contribution in [0.2, 0.25) is 0 Å². The molecule has 1 N–H and O–H groups in total. The first-order valence-corrected chi connectivity index (χ1v) is 10.8. The molecule has 2 amide bonds. The second-order valence-electron chi connectivity index (χ2n) is 8.06. The van der Waals surface area contributed by atoms with Crippen molar-refractivity contribution >= 4 is 20.3 Å². The minimum absolute atomic E-state index is 0.154. The van der Waals surface area contributed by atoms with Gasteiger partial charge in [0.25, 0.3) is 8.53 Å². The summed E-state index contributed by atoms with van der Waals surface area (Å²) in [5.74, 6) is -1.19. The summed E-state index contributed by atoms with van der Waals surface area (Å²) in [7, 11) is -1.31. The van der Waals surface area contributed by atoms with Gasteiger partial charge in [0, 0.05) is 12.6 Å². The Balaban J connectivity index is 1.51. The number of likely N-dealkylation sites (tertiary alicyclic amines) is 1. The molecule has 3 aliphatic rings. The smallest absolute Gasteiger partial charge is 0.256 e. The van der Waals surface area contributed by atoms with Crippen molar-refractivity contribution in [1.29, 1.82) is 5.26 Å². The van der Waals surface area contributed by atoms with Crippen molar-refractivity contribution in [3.05, 3.63) is 12.2 Å². The predicted molar refractivity (Wildman–Crippen MR) is 103 cm³/mol.